The molecule has 0 saturated heterocycles. The molecule has 0 aliphatic carbocycles. The SMILES string of the molecule is COCCCN[C@H](CC(=O)Nc1ccc(C(=O)O)cc1)C(=O)O. The lowest BCUT2D eigenvalue weighted by molar-refractivity contribution is -0.141. The van der Waals surface area contributed by atoms with Crippen LogP contribution >= 0.6 is 0 Å². The van der Waals surface area contributed by atoms with Crippen LogP contribution in [0.15, 0.2) is 24.3 Å². The summed E-state index contributed by atoms with van der Waals surface area (Å²) >= 11 is 0. The molecule has 1 amide bonds. The molecule has 8 heteroatoms. The summed E-state index contributed by atoms with van der Waals surface area (Å²) < 4.78 is 4.86. The first kappa shape index (κ1) is 18.6. The number of carbonyl (C=O) groups excluding carboxylic acids is 1. The molecule has 0 aromatic heterocycles. The van der Waals surface area contributed by atoms with E-state index in [1.54, 1.807) is 7.11 Å². The Morgan fingerprint density at radius 3 is 2.35 bits per heavy atom. The van der Waals surface area contributed by atoms with Gasteiger partial charge in [0.15, 0.2) is 0 Å². The van der Waals surface area contributed by atoms with Gasteiger partial charge in [-0.05, 0) is 37.2 Å². The van der Waals surface area contributed by atoms with Gasteiger partial charge in [-0.2, -0.15) is 0 Å². The Kier molecular flexibility index (Phi) is 7.72. The van der Waals surface area contributed by atoms with Gasteiger partial charge in [-0.3, -0.25) is 9.59 Å². The number of anilines is 1. The van der Waals surface area contributed by atoms with Gasteiger partial charge < -0.3 is 25.6 Å². The first-order valence-electron chi connectivity index (χ1n) is 7.02. The summed E-state index contributed by atoms with van der Waals surface area (Å²) in [5, 5.41) is 23.2. The maximum atomic E-state index is 11.9. The van der Waals surface area contributed by atoms with Crippen LogP contribution in [-0.4, -0.2) is 54.4 Å². The minimum absolute atomic E-state index is 0.103. The zero-order valence-electron chi connectivity index (χ0n) is 12.7. The zero-order valence-corrected chi connectivity index (χ0v) is 12.7. The van der Waals surface area contributed by atoms with Crippen LogP contribution in [0, 0.1) is 0 Å². The number of ether oxygens (including phenoxy) is 1. The van der Waals surface area contributed by atoms with Crippen molar-refractivity contribution in [3.05, 3.63) is 29.8 Å². The minimum Gasteiger partial charge on any atom is -0.480 e. The second-order valence-electron chi connectivity index (χ2n) is 4.83. The van der Waals surface area contributed by atoms with E-state index in [2.05, 4.69) is 10.6 Å². The van der Waals surface area contributed by atoms with E-state index in [4.69, 9.17) is 14.9 Å². The fraction of sp³-hybridized carbons (Fsp3) is 0.400. The van der Waals surface area contributed by atoms with Gasteiger partial charge in [0.25, 0.3) is 0 Å². The molecule has 0 saturated carbocycles. The quantitative estimate of drug-likeness (QED) is 0.469. The maximum absolute atomic E-state index is 11.9. The van der Waals surface area contributed by atoms with Crippen molar-refractivity contribution in [1.29, 1.82) is 0 Å². The average molecular weight is 324 g/mol. The van der Waals surface area contributed by atoms with Gasteiger partial charge in [0, 0.05) is 19.4 Å². The molecule has 0 fully saturated rings. The molecule has 0 spiro atoms. The molecule has 0 radical (unpaired) electrons. The lowest BCUT2D eigenvalue weighted by Gasteiger charge is -2.14. The van der Waals surface area contributed by atoms with E-state index in [0.29, 0.717) is 25.3 Å². The normalized spacial score (nSPS) is 11.7. The highest BCUT2D eigenvalue weighted by molar-refractivity contribution is 5.94. The van der Waals surface area contributed by atoms with Crippen LogP contribution in [0.4, 0.5) is 5.69 Å². The molecule has 23 heavy (non-hydrogen) atoms. The monoisotopic (exact) mass is 324 g/mol. The van der Waals surface area contributed by atoms with Crippen LogP contribution in [0.3, 0.4) is 0 Å². The fourth-order valence-electron chi connectivity index (χ4n) is 1.83. The van der Waals surface area contributed by atoms with Gasteiger partial charge in [-0.1, -0.05) is 0 Å². The standard InChI is InChI=1S/C15H20N2O6/c1-23-8-2-7-16-12(15(21)22)9-13(18)17-11-5-3-10(4-6-11)14(19)20/h3-6,12,16H,2,7-9H2,1H3,(H,17,18)(H,19,20)(H,21,22)/t12-/m1/s1. The highest BCUT2D eigenvalue weighted by Gasteiger charge is 2.20. The number of nitrogens with one attached hydrogen (secondary N) is 2. The molecule has 1 atom stereocenters. The number of hydrogen-bond acceptors (Lipinski definition) is 5. The summed E-state index contributed by atoms with van der Waals surface area (Å²) in [6, 6.07) is 4.61. The summed E-state index contributed by atoms with van der Waals surface area (Å²) in [4.78, 5) is 33.7. The Bertz CT molecular complexity index is 543. The van der Waals surface area contributed by atoms with E-state index in [0.717, 1.165) is 0 Å². The van der Waals surface area contributed by atoms with Crippen LogP contribution in [-0.2, 0) is 14.3 Å². The molecule has 126 valence electrons. The molecule has 1 rings (SSSR count). The molecule has 8 nitrogen and oxygen atoms in total. The molecule has 0 aliphatic rings. The van der Waals surface area contributed by atoms with Gasteiger partial charge in [0.2, 0.25) is 5.91 Å². The number of carboxylic acid groups (broad SMARTS) is 2. The third-order valence-electron chi connectivity index (χ3n) is 3.02. The van der Waals surface area contributed by atoms with Gasteiger partial charge in [0.05, 0.1) is 12.0 Å². The fourth-order valence-corrected chi connectivity index (χ4v) is 1.83. The maximum Gasteiger partial charge on any atom is 0.335 e. The topological polar surface area (TPSA) is 125 Å². The molecule has 1 aromatic rings. The first-order chi connectivity index (χ1) is 10.9. The summed E-state index contributed by atoms with van der Waals surface area (Å²) in [6.07, 6.45) is 0.404. The Morgan fingerprint density at radius 2 is 1.83 bits per heavy atom. The molecule has 0 aliphatic heterocycles. The van der Waals surface area contributed by atoms with E-state index in [-0.39, 0.29) is 12.0 Å². The van der Waals surface area contributed by atoms with E-state index in [1.165, 1.54) is 24.3 Å². The van der Waals surface area contributed by atoms with E-state index in [1.807, 2.05) is 0 Å². The van der Waals surface area contributed by atoms with Crippen molar-refractivity contribution < 1.29 is 29.3 Å². The molecule has 0 unspecified atom stereocenters. The van der Waals surface area contributed by atoms with Crippen molar-refractivity contribution >= 4 is 23.5 Å². The third kappa shape index (κ3) is 6.90. The summed E-state index contributed by atoms with van der Waals surface area (Å²) in [5.74, 6) is -2.65. The van der Waals surface area contributed by atoms with Crippen molar-refractivity contribution in [3.8, 4) is 0 Å². The Balaban J connectivity index is 2.51. The van der Waals surface area contributed by atoms with Crippen molar-refractivity contribution in [1.82, 2.24) is 5.32 Å². The Morgan fingerprint density at radius 1 is 1.17 bits per heavy atom. The largest absolute Gasteiger partial charge is 0.480 e. The van der Waals surface area contributed by atoms with Crippen LogP contribution in [0.2, 0.25) is 0 Å². The zero-order chi connectivity index (χ0) is 17.2. The predicted molar refractivity (Wildman–Crippen MR) is 82.6 cm³/mol. The first-order valence-corrected chi connectivity index (χ1v) is 7.02. The van der Waals surface area contributed by atoms with Gasteiger partial charge in [-0.25, -0.2) is 4.79 Å². The highest BCUT2D eigenvalue weighted by Crippen LogP contribution is 2.10. The van der Waals surface area contributed by atoms with E-state index in [9.17, 15) is 14.4 Å². The molecule has 0 heterocycles. The number of carboxylic acids is 2. The Labute approximate surface area is 133 Å². The molecule has 4 N–H and O–H groups in total. The van der Waals surface area contributed by atoms with Crippen molar-refractivity contribution in [3.63, 3.8) is 0 Å². The lowest BCUT2D eigenvalue weighted by Crippen LogP contribution is -2.40. The average Bonchev–Trinajstić information content (AvgIpc) is 2.50. The van der Waals surface area contributed by atoms with Gasteiger partial charge >= 0.3 is 11.9 Å². The Hall–Kier alpha value is -2.45. The van der Waals surface area contributed by atoms with Gasteiger partial charge in [0.1, 0.15) is 6.04 Å². The van der Waals surface area contributed by atoms with Crippen molar-refractivity contribution in [2.75, 3.05) is 25.6 Å². The van der Waals surface area contributed by atoms with Gasteiger partial charge in [-0.15, -0.1) is 0 Å². The molecule has 1 aromatic carbocycles. The summed E-state index contributed by atoms with van der Waals surface area (Å²) in [7, 11) is 1.55. The van der Waals surface area contributed by atoms with Crippen molar-refractivity contribution in [2.45, 2.75) is 18.9 Å². The highest BCUT2D eigenvalue weighted by atomic mass is 16.5. The third-order valence-corrected chi connectivity index (χ3v) is 3.02. The number of benzene rings is 1. The second kappa shape index (κ2) is 9.54. The van der Waals surface area contributed by atoms with Crippen LogP contribution < -0.4 is 10.6 Å². The molecule has 0 bridgehead atoms. The van der Waals surface area contributed by atoms with Crippen LogP contribution in [0.25, 0.3) is 0 Å². The van der Waals surface area contributed by atoms with E-state index < -0.39 is 23.9 Å². The predicted octanol–water partition coefficient (Wildman–Crippen LogP) is 0.793. The number of rotatable bonds is 10. The minimum atomic E-state index is -1.11. The van der Waals surface area contributed by atoms with Crippen LogP contribution in [0.1, 0.15) is 23.2 Å². The van der Waals surface area contributed by atoms with E-state index >= 15 is 0 Å². The van der Waals surface area contributed by atoms with Crippen molar-refractivity contribution in [2.24, 2.45) is 0 Å². The number of hydrogen-bond donors (Lipinski definition) is 4. The van der Waals surface area contributed by atoms with Crippen LogP contribution in [0.5, 0.6) is 0 Å². The summed E-state index contributed by atoms with van der Waals surface area (Å²) in [5.41, 5.74) is 0.509. The molecular weight excluding hydrogens is 304 g/mol. The smallest absolute Gasteiger partial charge is 0.335 e. The number of amides is 1. The molecular formula is C15H20N2O6. The number of aromatic carboxylic acids is 1. The second-order valence-corrected chi connectivity index (χ2v) is 4.83. The number of carbonyl (C=O) groups is 3. The summed E-state index contributed by atoms with van der Waals surface area (Å²) in [6.45, 7) is 0.923. The number of methoxy groups -OCH3 is 1. The number of aliphatic carboxylic acids is 1. The lowest BCUT2D eigenvalue weighted by atomic mass is 10.1.